The van der Waals surface area contributed by atoms with Crippen LogP contribution < -0.4 is 4.43 Å². The molecule has 2 rings (SSSR count). The Morgan fingerprint density at radius 3 is 1.59 bits per heavy atom. The van der Waals surface area contributed by atoms with Gasteiger partial charge in [-0.3, -0.25) is 0 Å². The minimum atomic E-state index is -2.92. The van der Waals surface area contributed by atoms with E-state index in [1.165, 1.54) is 0 Å². The maximum Gasteiger partial charge on any atom is 0.259 e. The fourth-order valence-corrected chi connectivity index (χ4v) is 9.27. The first-order valence-corrected chi connectivity index (χ1v) is 10.8. The number of hydrogen-bond acceptors (Lipinski definition) is 1. The van der Waals surface area contributed by atoms with Crippen molar-refractivity contribution in [3.05, 3.63) is 41.0 Å². The molecule has 0 saturated carbocycles. The predicted molar refractivity (Wildman–Crippen MR) is 95.4 cm³/mol. The lowest BCUT2D eigenvalue weighted by molar-refractivity contribution is 0.396. The van der Waals surface area contributed by atoms with Crippen LogP contribution in [0.5, 0.6) is 5.75 Å². The molecule has 0 aromatic heterocycles. The first-order valence-electron chi connectivity index (χ1n) is 8.70. The van der Waals surface area contributed by atoms with Crippen LogP contribution in [0.2, 0.25) is 16.6 Å². The van der Waals surface area contributed by atoms with Crippen LogP contribution in [-0.4, -0.2) is 8.32 Å². The second kappa shape index (κ2) is 7.37. The van der Waals surface area contributed by atoms with Gasteiger partial charge in [0.2, 0.25) is 5.82 Å². The molecule has 1 nitrogen and oxygen atoms in total. The summed E-state index contributed by atoms with van der Waals surface area (Å²) in [6.07, 6.45) is 0. The predicted octanol–water partition coefficient (Wildman–Crippen LogP) is 7.23. The Morgan fingerprint density at radius 2 is 1.15 bits per heavy atom. The smallest absolute Gasteiger partial charge is 0.259 e. The summed E-state index contributed by atoms with van der Waals surface area (Å²) in [7, 11) is -2.92. The highest BCUT2D eigenvalue weighted by Gasteiger charge is 2.48. The molecule has 0 aliphatic carbocycles. The van der Waals surface area contributed by atoms with Crippen LogP contribution in [0.3, 0.4) is 0 Å². The van der Waals surface area contributed by atoms with Crippen molar-refractivity contribution >= 4 is 19.1 Å². The van der Waals surface area contributed by atoms with Gasteiger partial charge in [-0.05, 0) is 22.7 Å². The van der Waals surface area contributed by atoms with Crippen LogP contribution in [0.4, 0.5) is 26.3 Å². The van der Waals surface area contributed by atoms with Gasteiger partial charge in [0.15, 0.2) is 34.8 Å². The molecule has 8 heteroatoms. The maximum absolute atomic E-state index is 15.0. The van der Waals surface area contributed by atoms with Crippen LogP contribution >= 0.6 is 0 Å². The second-order valence-electron chi connectivity index (χ2n) is 7.60. The SMILES string of the molecule is CC(C)[Si](Oc1c(F)c(F)c2cc(F)c(F)c(F)c2c1F)(C(C)C)C(C)C. The highest BCUT2D eigenvalue weighted by atomic mass is 28.4. The minimum absolute atomic E-state index is 0.107. The van der Waals surface area contributed by atoms with Gasteiger partial charge in [-0.1, -0.05) is 41.5 Å². The first-order chi connectivity index (χ1) is 12.4. The van der Waals surface area contributed by atoms with Gasteiger partial charge in [-0.25, -0.2) is 22.0 Å². The van der Waals surface area contributed by atoms with Crippen molar-refractivity contribution in [2.75, 3.05) is 0 Å². The molecule has 27 heavy (non-hydrogen) atoms. The summed E-state index contributed by atoms with van der Waals surface area (Å²) in [6, 6.07) is 0.233. The maximum atomic E-state index is 15.0. The van der Waals surface area contributed by atoms with Gasteiger partial charge < -0.3 is 4.43 Å². The number of rotatable bonds is 5. The molecule has 0 bridgehead atoms. The molecule has 0 aliphatic rings. The van der Waals surface area contributed by atoms with E-state index in [1.54, 1.807) is 0 Å². The third kappa shape index (κ3) is 3.21. The van der Waals surface area contributed by atoms with Crippen molar-refractivity contribution in [2.24, 2.45) is 0 Å². The van der Waals surface area contributed by atoms with Crippen LogP contribution in [0.25, 0.3) is 10.8 Å². The highest BCUT2D eigenvalue weighted by molar-refractivity contribution is 6.78. The van der Waals surface area contributed by atoms with Gasteiger partial charge in [0.1, 0.15) is 0 Å². The van der Waals surface area contributed by atoms with Gasteiger partial charge >= 0.3 is 0 Å². The third-order valence-corrected chi connectivity index (χ3v) is 11.2. The van der Waals surface area contributed by atoms with Gasteiger partial charge in [-0.2, -0.15) is 4.39 Å². The molecule has 150 valence electrons. The van der Waals surface area contributed by atoms with Crippen molar-refractivity contribution in [3.63, 3.8) is 0 Å². The largest absolute Gasteiger partial charge is 0.539 e. The zero-order chi connectivity index (χ0) is 20.8. The molecule has 0 saturated heterocycles. The monoisotopic (exact) mass is 408 g/mol. The molecule has 0 unspecified atom stereocenters. The zero-order valence-corrected chi connectivity index (χ0v) is 17.0. The zero-order valence-electron chi connectivity index (χ0n) is 16.0. The summed E-state index contributed by atoms with van der Waals surface area (Å²) in [5.41, 5.74) is -0.320. The normalized spacial score (nSPS) is 12.7. The molecule has 0 atom stereocenters. The van der Waals surface area contributed by atoms with Crippen LogP contribution in [0.15, 0.2) is 6.07 Å². The van der Waals surface area contributed by atoms with E-state index in [-0.39, 0.29) is 22.7 Å². The summed E-state index contributed by atoms with van der Waals surface area (Å²) >= 11 is 0. The van der Waals surface area contributed by atoms with Gasteiger partial charge in [0.05, 0.1) is 5.39 Å². The molecule has 0 N–H and O–H groups in total. The summed E-state index contributed by atoms with van der Waals surface area (Å²) in [6.45, 7) is 11.1. The number of benzene rings is 2. The van der Waals surface area contributed by atoms with Crippen molar-refractivity contribution in [1.82, 2.24) is 0 Å². The number of hydrogen-bond donors (Lipinski definition) is 0. The van der Waals surface area contributed by atoms with Crippen LogP contribution in [0, 0.1) is 34.9 Å². The Hall–Kier alpha value is -1.70. The van der Waals surface area contributed by atoms with E-state index in [0.717, 1.165) is 0 Å². The van der Waals surface area contributed by atoms with Crippen molar-refractivity contribution in [3.8, 4) is 5.75 Å². The van der Waals surface area contributed by atoms with Crippen LogP contribution in [-0.2, 0) is 0 Å². The van der Waals surface area contributed by atoms with Crippen molar-refractivity contribution < 1.29 is 30.8 Å². The van der Waals surface area contributed by atoms with Gasteiger partial charge in [0, 0.05) is 5.39 Å². The molecule has 2 aromatic rings. The van der Waals surface area contributed by atoms with Crippen LogP contribution in [0.1, 0.15) is 41.5 Å². The molecular formula is C19H22F6OSi. The number of fused-ring (bicyclic) bond motifs is 1. The Balaban J connectivity index is 2.87. The van der Waals surface area contributed by atoms with E-state index in [0.29, 0.717) is 0 Å². The molecule has 0 heterocycles. The average Bonchev–Trinajstić information content (AvgIpc) is 2.56. The lowest BCUT2D eigenvalue weighted by Gasteiger charge is -2.42. The minimum Gasteiger partial charge on any atom is -0.539 e. The van der Waals surface area contributed by atoms with Gasteiger partial charge in [0.25, 0.3) is 8.32 Å². The summed E-state index contributed by atoms with van der Waals surface area (Å²) in [5, 5.41) is -2.18. The lowest BCUT2D eigenvalue weighted by Crippen LogP contribution is -2.51. The average molecular weight is 408 g/mol. The standard InChI is InChI=1S/C19H22F6OSi/c1-8(2)27(9(3)4,10(5)6)26-19-17(24)13-11(14(21)18(19)25)7-12(20)15(22)16(13)23/h7-10H,1-6H3. The van der Waals surface area contributed by atoms with E-state index >= 15 is 0 Å². The second-order valence-corrected chi connectivity index (χ2v) is 13.0. The molecule has 0 fully saturated rings. The Bertz CT molecular complexity index is 857. The quantitative estimate of drug-likeness (QED) is 0.219. The summed E-state index contributed by atoms with van der Waals surface area (Å²) in [4.78, 5) is 0. The van der Waals surface area contributed by atoms with E-state index < -0.39 is 59.7 Å². The summed E-state index contributed by atoms with van der Waals surface area (Å²) < 4.78 is 90.9. The molecular weight excluding hydrogens is 386 g/mol. The summed E-state index contributed by atoms with van der Waals surface area (Å²) in [5.74, 6) is -11.6. The Kier molecular flexibility index (Phi) is 5.90. The van der Waals surface area contributed by atoms with Gasteiger partial charge in [-0.15, -0.1) is 0 Å². The highest BCUT2D eigenvalue weighted by Crippen LogP contribution is 2.45. The molecule has 2 aromatic carbocycles. The van der Waals surface area contributed by atoms with Crippen molar-refractivity contribution in [2.45, 2.75) is 58.2 Å². The fourth-order valence-electron chi connectivity index (χ4n) is 4.03. The fraction of sp³-hybridized carbons (Fsp3) is 0.474. The lowest BCUT2D eigenvalue weighted by atomic mass is 10.1. The Labute approximate surface area is 155 Å². The van der Waals surface area contributed by atoms with E-state index in [4.69, 9.17) is 4.43 Å². The molecule has 0 aliphatic heterocycles. The molecule has 0 amide bonds. The van der Waals surface area contributed by atoms with Crippen molar-refractivity contribution in [1.29, 1.82) is 0 Å². The third-order valence-electron chi connectivity index (χ3n) is 5.20. The first kappa shape index (κ1) is 21.6. The number of halogens is 6. The molecule has 0 spiro atoms. The van der Waals surface area contributed by atoms with E-state index in [2.05, 4.69) is 0 Å². The topological polar surface area (TPSA) is 9.23 Å². The Morgan fingerprint density at radius 1 is 0.667 bits per heavy atom. The van der Waals surface area contributed by atoms with E-state index in [1.807, 2.05) is 41.5 Å². The molecule has 0 radical (unpaired) electrons. The van der Waals surface area contributed by atoms with E-state index in [9.17, 15) is 26.3 Å².